The molecule has 2 aromatic rings. The van der Waals surface area contributed by atoms with Crippen molar-refractivity contribution in [2.45, 2.75) is 43.6 Å². The van der Waals surface area contributed by atoms with Crippen molar-refractivity contribution in [3.8, 4) is 0 Å². The maximum absolute atomic E-state index is 6.14. The van der Waals surface area contributed by atoms with Gasteiger partial charge in [-0.25, -0.2) is 9.97 Å². The molecule has 0 aromatic carbocycles. The summed E-state index contributed by atoms with van der Waals surface area (Å²) in [5, 5.41) is 0. The second-order valence-corrected chi connectivity index (χ2v) is 7.22. The summed E-state index contributed by atoms with van der Waals surface area (Å²) < 4.78 is 3.26. The standard InChI is InChI=1S/C15H18BrClN4/c16-10-6-13-15(18-9-10)21(14(8-17)19-13)12-3-5-20-4-1-2-11(20)7-12/h6,9,11-12H,1-5,7-8H2. The number of rotatable bonds is 2. The predicted octanol–water partition coefficient (Wildman–Crippen LogP) is 3.73. The van der Waals surface area contributed by atoms with Crippen LogP contribution in [-0.2, 0) is 5.88 Å². The van der Waals surface area contributed by atoms with Crippen LogP contribution in [0.2, 0.25) is 0 Å². The van der Waals surface area contributed by atoms with Crippen molar-refractivity contribution in [2.24, 2.45) is 0 Å². The van der Waals surface area contributed by atoms with Crippen molar-refractivity contribution in [1.29, 1.82) is 0 Å². The van der Waals surface area contributed by atoms with Crippen LogP contribution >= 0.6 is 27.5 Å². The Morgan fingerprint density at radius 3 is 3.05 bits per heavy atom. The molecule has 0 aliphatic carbocycles. The van der Waals surface area contributed by atoms with Crippen molar-refractivity contribution in [2.75, 3.05) is 13.1 Å². The van der Waals surface area contributed by atoms with Crippen LogP contribution in [0.3, 0.4) is 0 Å². The van der Waals surface area contributed by atoms with Crippen LogP contribution in [0.25, 0.3) is 11.2 Å². The van der Waals surface area contributed by atoms with Crippen molar-refractivity contribution in [3.63, 3.8) is 0 Å². The Balaban J connectivity index is 1.74. The molecule has 4 heterocycles. The lowest BCUT2D eigenvalue weighted by Gasteiger charge is -2.36. The smallest absolute Gasteiger partial charge is 0.160 e. The number of hydrogen-bond acceptors (Lipinski definition) is 3. The monoisotopic (exact) mass is 368 g/mol. The van der Waals surface area contributed by atoms with Crippen molar-refractivity contribution < 1.29 is 0 Å². The molecule has 2 saturated heterocycles. The molecular formula is C15H18BrClN4. The molecule has 2 aliphatic heterocycles. The fourth-order valence-electron chi connectivity index (χ4n) is 3.92. The molecule has 2 aliphatic rings. The topological polar surface area (TPSA) is 34.0 Å². The fraction of sp³-hybridized carbons (Fsp3) is 0.600. The van der Waals surface area contributed by atoms with Crippen LogP contribution in [0.15, 0.2) is 16.7 Å². The highest BCUT2D eigenvalue weighted by molar-refractivity contribution is 9.10. The molecule has 0 saturated carbocycles. The molecule has 2 aromatic heterocycles. The first-order valence-corrected chi connectivity index (χ1v) is 8.91. The van der Waals surface area contributed by atoms with E-state index in [1.54, 1.807) is 0 Å². The summed E-state index contributed by atoms with van der Waals surface area (Å²) in [5.74, 6) is 1.40. The summed E-state index contributed by atoms with van der Waals surface area (Å²) in [6.07, 6.45) is 6.90. The van der Waals surface area contributed by atoms with Gasteiger partial charge in [-0.05, 0) is 54.2 Å². The molecule has 2 unspecified atom stereocenters. The van der Waals surface area contributed by atoms with Gasteiger partial charge in [0.2, 0.25) is 0 Å². The van der Waals surface area contributed by atoms with Crippen molar-refractivity contribution in [1.82, 2.24) is 19.4 Å². The molecule has 0 N–H and O–H groups in total. The molecular weight excluding hydrogens is 352 g/mol. The first kappa shape index (κ1) is 14.0. The van der Waals surface area contributed by atoms with Gasteiger partial charge in [0.25, 0.3) is 0 Å². The normalized spacial score (nSPS) is 26.4. The predicted molar refractivity (Wildman–Crippen MR) is 87.7 cm³/mol. The van der Waals surface area contributed by atoms with Gasteiger partial charge in [-0.2, -0.15) is 0 Å². The lowest BCUT2D eigenvalue weighted by atomic mass is 9.97. The highest BCUT2D eigenvalue weighted by Crippen LogP contribution is 2.35. The first-order chi connectivity index (χ1) is 10.3. The van der Waals surface area contributed by atoms with Gasteiger partial charge in [0.15, 0.2) is 5.65 Å². The number of pyridine rings is 1. The Labute approximate surface area is 137 Å². The van der Waals surface area contributed by atoms with E-state index >= 15 is 0 Å². The van der Waals surface area contributed by atoms with Gasteiger partial charge in [0, 0.05) is 29.3 Å². The summed E-state index contributed by atoms with van der Waals surface area (Å²) in [5.41, 5.74) is 1.92. The van der Waals surface area contributed by atoms with E-state index in [2.05, 4.69) is 35.4 Å². The number of fused-ring (bicyclic) bond motifs is 2. The van der Waals surface area contributed by atoms with Gasteiger partial charge in [0.1, 0.15) is 11.3 Å². The van der Waals surface area contributed by atoms with Crippen LogP contribution in [0.1, 0.15) is 37.5 Å². The first-order valence-electron chi connectivity index (χ1n) is 7.58. The number of hydrogen-bond donors (Lipinski definition) is 0. The highest BCUT2D eigenvalue weighted by atomic mass is 79.9. The summed E-state index contributed by atoms with van der Waals surface area (Å²) in [7, 11) is 0. The summed E-state index contributed by atoms with van der Waals surface area (Å²) in [6.45, 7) is 2.46. The Bertz CT molecular complexity index is 671. The van der Waals surface area contributed by atoms with E-state index in [1.165, 1.54) is 38.8 Å². The molecule has 112 valence electrons. The van der Waals surface area contributed by atoms with Gasteiger partial charge >= 0.3 is 0 Å². The molecule has 2 atom stereocenters. The molecule has 0 radical (unpaired) electrons. The van der Waals surface area contributed by atoms with E-state index in [0.29, 0.717) is 11.9 Å². The van der Waals surface area contributed by atoms with Gasteiger partial charge in [0.05, 0.1) is 5.88 Å². The van der Waals surface area contributed by atoms with Gasteiger partial charge < -0.3 is 9.47 Å². The Morgan fingerprint density at radius 1 is 1.29 bits per heavy atom. The minimum atomic E-state index is 0.443. The van der Waals surface area contributed by atoms with E-state index < -0.39 is 0 Å². The quantitative estimate of drug-likeness (QED) is 0.756. The SMILES string of the molecule is ClCc1nc2cc(Br)cnc2n1C1CCN2CCCC2C1. The minimum Gasteiger partial charge on any atom is -0.308 e. The van der Waals surface area contributed by atoms with Crippen molar-refractivity contribution >= 4 is 38.7 Å². The van der Waals surface area contributed by atoms with Crippen LogP contribution in [0.5, 0.6) is 0 Å². The second-order valence-electron chi connectivity index (χ2n) is 6.04. The van der Waals surface area contributed by atoms with Gasteiger partial charge in [-0.1, -0.05) is 0 Å². The third kappa shape index (κ3) is 2.39. The van der Waals surface area contributed by atoms with Gasteiger partial charge in [-0.15, -0.1) is 11.6 Å². The molecule has 0 spiro atoms. The Morgan fingerprint density at radius 2 is 2.19 bits per heavy atom. The lowest BCUT2D eigenvalue weighted by Crippen LogP contribution is -2.39. The second kappa shape index (κ2) is 5.52. The van der Waals surface area contributed by atoms with Crippen LogP contribution in [0, 0.1) is 0 Å². The van der Waals surface area contributed by atoms with E-state index in [0.717, 1.165) is 27.5 Å². The van der Waals surface area contributed by atoms with E-state index in [1.807, 2.05) is 12.3 Å². The third-order valence-corrected chi connectivity index (χ3v) is 5.52. The molecule has 6 heteroatoms. The number of aromatic nitrogens is 3. The molecule has 4 rings (SSSR count). The van der Waals surface area contributed by atoms with Crippen LogP contribution in [0.4, 0.5) is 0 Å². The Kier molecular flexibility index (Phi) is 3.67. The number of piperidine rings is 1. The number of alkyl halides is 1. The lowest BCUT2D eigenvalue weighted by molar-refractivity contribution is 0.156. The van der Waals surface area contributed by atoms with Crippen molar-refractivity contribution in [3.05, 3.63) is 22.6 Å². The zero-order valence-electron chi connectivity index (χ0n) is 11.8. The van der Waals surface area contributed by atoms with Gasteiger partial charge in [-0.3, -0.25) is 0 Å². The van der Waals surface area contributed by atoms with E-state index in [9.17, 15) is 0 Å². The average Bonchev–Trinajstić information content (AvgIpc) is 3.09. The average molecular weight is 370 g/mol. The minimum absolute atomic E-state index is 0.443. The number of halogens is 2. The fourth-order valence-corrected chi connectivity index (χ4v) is 4.43. The molecule has 0 bridgehead atoms. The van der Waals surface area contributed by atoms with E-state index in [4.69, 9.17) is 11.6 Å². The molecule has 0 amide bonds. The summed E-state index contributed by atoms with van der Waals surface area (Å²) in [6, 6.07) is 3.25. The molecule has 21 heavy (non-hydrogen) atoms. The summed E-state index contributed by atoms with van der Waals surface area (Å²) in [4.78, 5) is 11.9. The van der Waals surface area contributed by atoms with Crippen LogP contribution < -0.4 is 0 Å². The largest absolute Gasteiger partial charge is 0.308 e. The van der Waals surface area contributed by atoms with E-state index in [-0.39, 0.29) is 0 Å². The van der Waals surface area contributed by atoms with Crippen LogP contribution in [-0.4, -0.2) is 38.6 Å². The zero-order valence-corrected chi connectivity index (χ0v) is 14.1. The third-order valence-electron chi connectivity index (χ3n) is 4.85. The molecule has 2 fully saturated rings. The number of nitrogens with zero attached hydrogens (tertiary/aromatic N) is 4. The maximum Gasteiger partial charge on any atom is 0.160 e. The zero-order chi connectivity index (χ0) is 14.4. The number of imidazole rings is 1. The maximum atomic E-state index is 6.14. The highest BCUT2D eigenvalue weighted by Gasteiger charge is 2.33. The Hall–Kier alpha value is -0.650. The summed E-state index contributed by atoms with van der Waals surface area (Å²) >= 11 is 9.61. The molecule has 4 nitrogen and oxygen atoms in total.